The SMILES string of the molecule is O=C(C=Cc1ccc([N+](=O)[O-])cc1)c1ccc(S(=O)(=O)N2CCCC2)cc1. The third-order valence-corrected chi connectivity index (χ3v) is 6.29. The number of nitro benzene ring substituents is 1. The largest absolute Gasteiger partial charge is 0.289 e. The fourth-order valence-corrected chi connectivity index (χ4v) is 4.36. The van der Waals surface area contributed by atoms with Crippen molar-refractivity contribution in [3.8, 4) is 0 Å². The first-order chi connectivity index (χ1) is 12.9. The van der Waals surface area contributed by atoms with Crippen LogP contribution in [0.1, 0.15) is 28.8 Å². The topological polar surface area (TPSA) is 97.6 Å². The summed E-state index contributed by atoms with van der Waals surface area (Å²) in [4.78, 5) is 22.6. The summed E-state index contributed by atoms with van der Waals surface area (Å²) in [6, 6.07) is 11.7. The molecule has 0 spiro atoms. The molecule has 7 nitrogen and oxygen atoms in total. The van der Waals surface area contributed by atoms with Crippen LogP contribution in [-0.2, 0) is 10.0 Å². The summed E-state index contributed by atoms with van der Waals surface area (Å²) in [5.74, 6) is -0.279. The molecule has 1 aliphatic heterocycles. The Morgan fingerprint density at radius 1 is 1.00 bits per heavy atom. The Morgan fingerprint density at radius 3 is 2.15 bits per heavy atom. The second kappa shape index (κ2) is 7.81. The first kappa shape index (κ1) is 18.9. The second-order valence-electron chi connectivity index (χ2n) is 6.18. The van der Waals surface area contributed by atoms with Crippen LogP contribution in [0, 0.1) is 10.1 Å². The van der Waals surface area contributed by atoms with E-state index in [0.717, 1.165) is 12.8 Å². The summed E-state index contributed by atoms with van der Waals surface area (Å²) in [6.07, 6.45) is 4.64. The van der Waals surface area contributed by atoms with Gasteiger partial charge in [-0.3, -0.25) is 14.9 Å². The Bertz CT molecular complexity index is 974. The molecule has 0 saturated carbocycles. The molecule has 8 heteroatoms. The number of sulfonamides is 1. The number of benzene rings is 2. The molecule has 0 aromatic heterocycles. The van der Waals surface area contributed by atoms with Gasteiger partial charge in [0.2, 0.25) is 10.0 Å². The van der Waals surface area contributed by atoms with Gasteiger partial charge in [0, 0.05) is 30.8 Å². The van der Waals surface area contributed by atoms with Gasteiger partial charge in [0.15, 0.2) is 5.78 Å². The lowest BCUT2D eigenvalue weighted by molar-refractivity contribution is -0.384. The summed E-state index contributed by atoms with van der Waals surface area (Å²) in [6.45, 7) is 1.06. The lowest BCUT2D eigenvalue weighted by Crippen LogP contribution is -2.27. The van der Waals surface area contributed by atoms with Crippen molar-refractivity contribution in [2.24, 2.45) is 0 Å². The Hall–Kier alpha value is -2.84. The predicted octanol–water partition coefficient (Wildman–Crippen LogP) is 3.28. The third-order valence-electron chi connectivity index (χ3n) is 4.37. The third kappa shape index (κ3) is 4.29. The Kier molecular flexibility index (Phi) is 5.48. The van der Waals surface area contributed by atoms with Crippen molar-refractivity contribution in [3.63, 3.8) is 0 Å². The van der Waals surface area contributed by atoms with Crippen molar-refractivity contribution >= 4 is 27.6 Å². The molecule has 1 aliphatic rings. The van der Waals surface area contributed by atoms with Crippen LogP contribution >= 0.6 is 0 Å². The van der Waals surface area contributed by atoms with E-state index < -0.39 is 14.9 Å². The molecule has 0 radical (unpaired) electrons. The number of nitro groups is 1. The average molecular weight is 386 g/mol. The molecule has 0 amide bonds. The maximum atomic E-state index is 12.5. The molecular formula is C19H18N2O5S. The smallest absolute Gasteiger partial charge is 0.269 e. The van der Waals surface area contributed by atoms with Crippen molar-refractivity contribution in [2.45, 2.75) is 17.7 Å². The molecule has 0 atom stereocenters. The van der Waals surface area contributed by atoms with Gasteiger partial charge in [-0.2, -0.15) is 4.31 Å². The zero-order valence-corrected chi connectivity index (χ0v) is 15.3. The fourth-order valence-electron chi connectivity index (χ4n) is 2.84. The van der Waals surface area contributed by atoms with Crippen molar-refractivity contribution in [1.82, 2.24) is 4.31 Å². The summed E-state index contributed by atoms with van der Waals surface area (Å²) >= 11 is 0. The molecule has 0 N–H and O–H groups in total. The number of hydrogen-bond donors (Lipinski definition) is 0. The maximum absolute atomic E-state index is 12.5. The first-order valence-corrected chi connectivity index (χ1v) is 9.89. The molecule has 0 bridgehead atoms. The molecule has 3 rings (SSSR count). The lowest BCUT2D eigenvalue weighted by atomic mass is 10.1. The van der Waals surface area contributed by atoms with Gasteiger partial charge in [0.1, 0.15) is 0 Å². The van der Waals surface area contributed by atoms with Crippen molar-refractivity contribution in [1.29, 1.82) is 0 Å². The van der Waals surface area contributed by atoms with Gasteiger partial charge in [-0.25, -0.2) is 8.42 Å². The quantitative estimate of drug-likeness (QED) is 0.328. The van der Waals surface area contributed by atoms with Gasteiger partial charge < -0.3 is 0 Å². The van der Waals surface area contributed by atoms with E-state index in [1.54, 1.807) is 18.2 Å². The number of non-ortho nitro benzene ring substituents is 1. The standard InChI is InChI=1S/C19H18N2O5S/c22-19(12-5-15-3-8-17(9-4-15)21(23)24)16-6-10-18(11-7-16)27(25,26)20-13-1-2-14-20/h3-12H,1-2,13-14H2. The van der Waals surface area contributed by atoms with Crippen LogP contribution < -0.4 is 0 Å². The van der Waals surface area contributed by atoms with Crippen LogP contribution in [0.5, 0.6) is 0 Å². The number of hydrogen-bond acceptors (Lipinski definition) is 5. The molecule has 27 heavy (non-hydrogen) atoms. The van der Waals surface area contributed by atoms with Gasteiger partial charge in [-0.05, 0) is 60.9 Å². The Morgan fingerprint density at radius 2 is 1.59 bits per heavy atom. The summed E-state index contributed by atoms with van der Waals surface area (Å²) in [5, 5.41) is 10.6. The van der Waals surface area contributed by atoms with E-state index >= 15 is 0 Å². The zero-order chi connectivity index (χ0) is 19.4. The van der Waals surface area contributed by atoms with E-state index in [2.05, 4.69) is 0 Å². The Balaban J connectivity index is 1.71. The number of nitrogens with zero attached hydrogens (tertiary/aromatic N) is 2. The van der Waals surface area contributed by atoms with Gasteiger partial charge in [-0.1, -0.05) is 6.08 Å². The van der Waals surface area contributed by atoms with Crippen LogP contribution in [-0.4, -0.2) is 36.5 Å². The summed E-state index contributed by atoms with van der Waals surface area (Å²) in [5.41, 5.74) is 1.00. The highest BCUT2D eigenvalue weighted by Crippen LogP contribution is 2.21. The van der Waals surface area contributed by atoms with Crippen LogP contribution in [0.3, 0.4) is 0 Å². The normalized spacial score (nSPS) is 15.3. The molecule has 0 aliphatic carbocycles. The molecule has 140 valence electrons. The number of rotatable bonds is 6. The minimum Gasteiger partial charge on any atom is -0.289 e. The molecule has 2 aromatic rings. The molecule has 1 fully saturated rings. The molecule has 1 saturated heterocycles. The van der Waals surface area contributed by atoms with Gasteiger partial charge >= 0.3 is 0 Å². The first-order valence-electron chi connectivity index (χ1n) is 8.45. The van der Waals surface area contributed by atoms with Crippen LogP contribution in [0.4, 0.5) is 5.69 Å². The zero-order valence-electron chi connectivity index (χ0n) is 14.4. The summed E-state index contributed by atoms with van der Waals surface area (Å²) < 4.78 is 26.4. The van der Waals surface area contributed by atoms with E-state index in [0.29, 0.717) is 24.2 Å². The highest BCUT2D eigenvalue weighted by Gasteiger charge is 2.27. The number of ketones is 1. The average Bonchev–Trinajstić information content (AvgIpc) is 3.22. The molecule has 1 heterocycles. The molecule has 2 aromatic carbocycles. The van der Waals surface area contributed by atoms with Crippen LogP contribution in [0.25, 0.3) is 6.08 Å². The minimum absolute atomic E-state index is 0.0201. The maximum Gasteiger partial charge on any atom is 0.269 e. The van der Waals surface area contributed by atoms with Gasteiger partial charge in [-0.15, -0.1) is 0 Å². The van der Waals surface area contributed by atoms with E-state index in [1.807, 2.05) is 0 Å². The van der Waals surface area contributed by atoms with Gasteiger partial charge in [0.05, 0.1) is 9.82 Å². The predicted molar refractivity (Wildman–Crippen MR) is 101 cm³/mol. The monoisotopic (exact) mass is 386 g/mol. The van der Waals surface area contributed by atoms with E-state index in [9.17, 15) is 23.3 Å². The van der Waals surface area contributed by atoms with Gasteiger partial charge in [0.25, 0.3) is 5.69 Å². The van der Waals surface area contributed by atoms with Crippen molar-refractivity contribution in [2.75, 3.05) is 13.1 Å². The fraction of sp³-hybridized carbons (Fsp3) is 0.211. The summed E-state index contributed by atoms with van der Waals surface area (Å²) in [7, 11) is -3.50. The Labute approximate surface area is 157 Å². The van der Waals surface area contributed by atoms with E-state index in [4.69, 9.17) is 0 Å². The lowest BCUT2D eigenvalue weighted by Gasteiger charge is -2.15. The van der Waals surface area contributed by atoms with Crippen LogP contribution in [0.15, 0.2) is 59.5 Å². The van der Waals surface area contributed by atoms with E-state index in [1.165, 1.54) is 46.8 Å². The van der Waals surface area contributed by atoms with Crippen molar-refractivity contribution < 1.29 is 18.1 Å². The van der Waals surface area contributed by atoms with E-state index in [-0.39, 0.29) is 16.4 Å². The highest BCUT2D eigenvalue weighted by molar-refractivity contribution is 7.89. The number of allylic oxidation sites excluding steroid dienone is 1. The van der Waals surface area contributed by atoms with Crippen LogP contribution in [0.2, 0.25) is 0 Å². The number of carbonyl (C=O) groups is 1. The highest BCUT2D eigenvalue weighted by atomic mass is 32.2. The second-order valence-corrected chi connectivity index (χ2v) is 8.12. The molecule has 0 unspecified atom stereocenters. The minimum atomic E-state index is -3.50. The molecular weight excluding hydrogens is 368 g/mol. The van der Waals surface area contributed by atoms with Crippen molar-refractivity contribution in [3.05, 3.63) is 75.8 Å². The number of carbonyl (C=O) groups excluding carboxylic acids is 1.